The summed E-state index contributed by atoms with van der Waals surface area (Å²) in [5.74, 6) is -1.50. The number of ether oxygens (including phenoxy) is 1. The van der Waals surface area contributed by atoms with Crippen LogP contribution in [0.5, 0.6) is 5.75 Å². The highest BCUT2D eigenvalue weighted by molar-refractivity contribution is 5.31. The number of hydrogen-bond acceptors (Lipinski definition) is 2. The number of unbranched alkanes of at least 4 members (excludes halogenated alkanes) is 3. The van der Waals surface area contributed by atoms with Gasteiger partial charge < -0.3 is 10.1 Å². The molecule has 0 aromatic heterocycles. The van der Waals surface area contributed by atoms with E-state index in [9.17, 15) is 8.78 Å². The van der Waals surface area contributed by atoms with Crippen LogP contribution in [0.3, 0.4) is 0 Å². The molecule has 0 spiro atoms. The molecule has 1 aromatic carbocycles. The second kappa shape index (κ2) is 8.86. The summed E-state index contributed by atoms with van der Waals surface area (Å²) in [5, 5.41) is 3.03. The number of hydrogen-bond donors (Lipinski definition) is 1. The number of rotatable bonds is 9. The van der Waals surface area contributed by atoms with Gasteiger partial charge in [0.05, 0.1) is 6.61 Å². The molecular formula is C15H23F2NO. The molecule has 4 heteroatoms. The van der Waals surface area contributed by atoms with Gasteiger partial charge in [-0.3, -0.25) is 0 Å². The third-order valence-corrected chi connectivity index (χ3v) is 2.88. The lowest BCUT2D eigenvalue weighted by Crippen LogP contribution is -2.12. The summed E-state index contributed by atoms with van der Waals surface area (Å²) in [7, 11) is 0. The van der Waals surface area contributed by atoms with E-state index in [-0.39, 0.29) is 5.75 Å². The third kappa shape index (κ3) is 5.55. The maximum absolute atomic E-state index is 13.7. The minimum atomic E-state index is -0.622. The topological polar surface area (TPSA) is 21.3 Å². The van der Waals surface area contributed by atoms with Gasteiger partial charge in [-0.05, 0) is 30.7 Å². The monoisotopic (exact) mass is 271 g/mol. The molecular weight excluding hydrogens is 248 g/mol. The lowest BCUT2D eigenvalue weighted by atomic mass is 10.2. The van der Waals surface area contributed by atoms with Gasteiger partial charge in [0, 0.05) is 6.54 Å². The van der Waals surface area contributed by atoms with Crippen molar-refractivity contribution < 1.29 is 13.5 Å². The molecule has 19 heavy (non-hydrogen) atoms. The molecule has 0 bridgehead atoms. The second-order valence-corrected chi connectivity index (χ2v) is 4.58. The van der Waals surface area contributed by atoms with Crippen molar-refractivity contribution >= 4 is 0 Å². The molecule has 0 saturated carbocycles. The van der Waals surface area contributed by atoms with Crippen LogP contribution in [0.2, 0.25) is 0 Å². The van der Waals surface area contributed by atoms with Crippen molar-refractivity contribution in [3.63, 3.8) is 0 Å². The van der Waals surface area contributed by atoms with Crippen molar-refractivity contribution in [3.05, 3.63) is 29.3 Å². The Morgan fingerprint density at radius 3 is 2.32 bits per heavy atom. The zero-order chi connectivity index (χ0) is 14.1. The highest BCUT2D eigenvalue weighted by atomic mass is 19.1. The van der Waals surface area contributed by atoms with Crippen molar-refractivity contribution in [1.29, 1.82) is 0 Å². The predicted octanol–water partition coefficient (Wildman–Crippen LogP) is 4.03. The van der Waals surface area contributed by atoms with E-state index < -0.39 is 11.6 Å². The Hall–Kier alpha value is -1.16. The Balaban J connectivity index is 2.53. The molecule has 1 rings (SSSR count). The Labute approximate surface area is 114 Å². The molecule has 0 radical (unpaired) electrons. The van der Waals surface area contributed by atoms with Crippen LogP contribution in [0.1, 0.15) is 45.1 Å². The number of benzene rings is 1. The van der Waals surface area contributed by atoms with E-state index in [4.69, 9.17) is 4.74 Å². The molecule has 0 aliphatic rings. The summed E-state index contributed by atoms with van der Waals surface area (Å²) in [6.45, 7) is 5.64. The summed E-state index contributed by atoms with van der Waals surface area (Å²) in [6, 6.07) is 2.65. The van der Waals surface area contributed by atoms with Gasteiger partial charge in [0.2, 0.25) is 0 Å². The summed E-state index contributed by atoms with van der Waals surface area (Å²) in [4.78, 5) is 0. The van der Waals surface area contributed by atoms with Crippen LogP contribution in [0.15, 0.2) is 12.1 Å². The van der Waals surface area contributed by atoms with Gasteiger partial charge in [0.15, 0.2) is 17.4 Å². The largest absolute Gasteiger partial charge is 0.488 e. The van der Waals surface area contributed by atoms with E-state index in [1.807, 2.05) is 6.92 Å². The maximum Gasteiger partial charge on any atom is 0.190 e. The normalized spacial score (nSPS) is 10.7. The van der Waals surface area contributed by atoms with Crippen LogP contribution in [-0.2, 0) is 6.54 Å². The Morgan fingerprint density at radius 1 is 1.05 bits per heavy atom. The lowest BCUT2D eigenvalue weighted by Gasteiger charge is -2.10. The van der Waals surface area contributed by atoms with Gasteiger partial charge in [-0.25, -0.2) is 8.78 Å². The lowest BCUT2D eigenvalue weighted by molar-refractivity contribution is 0.275. The molecule has 0 aliphatic carbocycles. The standard InChI is InChI=1S/C15H23F2NO/c1-3-5-6-7-8-19-15-13(16)9-12(10-14(15)17)11-18-4-2/h9-10,18H,3-8,11H2,1-2H3. The van der Waals surface area contributed by atoms with Crippen molar-refractivity contribution in [1.82, 2.24) is 5.32 Å². The van der Waals surface area contributed by atoms with Crippen molar-refractivity contribution in [2.45, 2.75) is 46.1 Å². The highest BCUT2D eigenvalue weighted by Crippen LogP contribution is 2.23. The zero-order valence-electron chi connectivity index (χ0n) is 11.8. The van der Waals surface area contributed by atoms with Gasteiger partial charge in [-0.1, -0.05) is 33.1 Å². The van der Waals surface area contributed by atoms with Gasteiger partial charge in [-0.15, -0.1) is 0 Å². The fourth-order valence-corrected chi connectivity index (χ4v) is 1.82. The third-order valence-electron chi connectivity index (χ3n) is 2.88. The summed E-state index contributed by atoms with van der Waals surface area (Å²) in [5.41, 5.74) is 0.593. The highest BCUT2D eigenvalue weighted by Gasteiger charge is 2.12. The quantitative estimate of drug-likeness (QED) is 0.685. The molecule has 0 amide bonds. The minimum Gasteiger partial charge on any atom is -0.488 e. The van der Waals surface area contributed by atoms with Gasteiger partial charge in [0.25, 0.3) is 0 Å². The number of nitrogens with one attached hydrogen (secondary N) is 1. The molecule has 2 nitrogen and oxygen atoms in total. The maximum atomic E-state index is 13.7. The summed E-state index contributed by atoms with van der Waals surface area (Å²) in [6.07, 6.45) is 4.10. The Bertz CT molecular complexity index is 359. The van der Waals surface area contributed by atoms with E-state index >= 15 is 0 Å². The Morgan fingerprint density at radius 2 is 1.74 bits per heavy atom. The molecule has 0 fully saturated rings. The average molecular weight is 271 g/mol. The first-order valence-electron chi connectivity index (χ1n) is 7.00. The molecule has 0 heterocycles. The first-order chi connectivity index (χ1) is 9.19. The van der Waals surface area contributed by atoms with Gasteiger partial charge in [0.1, 0.15) is 0 Å². The van der Waals surface area contributed by atoms with Crippen molar-refractivity contribution in [2.24, 2.45) is 0 Å². The number of halogens is 2. The Kier molecular flexibility index (Phi) is 7.41. The fraction of sp³-hybridized carbons (Fsp3) is 0.600. The van der Waals surface area contributed by atoms with E-state index in [1.165, 1.54) is 12.1 Å². The van der Waals surface area contributed by atoms with Gasteiger partial charge in [-0.2, -0.15) is 0 Å². The van der Waals surface area contributed by atoms with Crippen molar-refractivity contribution in [2.75, 3.05) is 13.2 Å². The van der Waals surface area contributed by atoms with Crippen LogP contribution in [0, 0.1) is 11.6 Å². The molecule has 0 saturated heterocycles. The average Bonchev–Trinajstić information content (AvgIpc) is 2.38. The fourth-order valence-electron chi connectivity index (χ4n) is 1.82. The van der Waals surface area contributed by atoms with Crippen LogP contribution >= 0.6 is 0 Å². The molecule has 1 N–H and O–H groups in total. The summed E-state index contributed by atoms with van der Waals surface area (Å²) < 4.78 is 32.6. The van der Waals surface area contributed by atoms with E-state index in [0.29, 0.717) is 18.7 Å². The van der Waals surface area contributed by atoms with E-state index in [0.717, 1.165) is 32.2 Å². The van der Waals surface area contributed by atoms with Crippen LogP contribution in [0.4, 0.5) is 8.78 Å². The van der Waals surface area contributed by atoms with Crippen LogP contribution in [0.25, 0.3) is 0 Å². The predicted molar refractivity (Wildman–Crippen MR) is 73.4 cm³/mol. The first kappa shape index (κ1) is 15.9. The molecule has 1 aromatic rings. The smallest absolute Gasteiger partial charge is 0.190 e. The molecule has 0 unspecified atom stereocenters. The van der Waals surface area contributed by atoms with E-state index in [2.05, 4.69) is 12.2 Å². The van der Waals surface area contributed by atoms with E-state index in [1.54, 1.807) is 0 Å². The molecule has 0 atom stereocenters. The van der Waals surface area contributed by atoms with Crippen LogP contribution < -0.4 is 10.1 Å². The molecule has 0 aliphatic heterocycles. The first-order valence-corrected chi connectivity index (χ1v) is 7.00. The molecule has 108 valence electrons. The SMILES string of the molecule is CCCCCCOc1c(F)cc(CNCC)cc1F. The minimum absolute atomic E-state index is 0.253. The van der Waals surface area contributed by atoms with Gasteiger partial charge >= 0.3 is 0 Å². The summed E-state index contributed by atoms with van der Waals surface area (Å²) >= 11 is 0. The van der Waals surface area contributed by atoms with Crippen molar-refractivity contribution in [3.8, 4) is 5.75 Å². The van der Waals surface area contributed by atoms with Crippen LogP contribution in [-0.4, -0.2) is 13.2 Å². The zero-order valence-corrected chi connectivity index (χ0v) is 11.8. The second-order valence-electron chi connectivity index (χ2n) is 4.58.